The fourth-order valence-corrected chi connectivity index (χ4v) is 3.71. The number of hydrogen-bond donors (Lipinski definition) is 0. The minimum Gasteiger partial charge on any atom is -0.375 e. The van der Waals surface area contributed by atoms with Crippen molar-refractivity contribution in [3.8, 4) is 0 Å². The Kier molecular flexibility index (Phi) is 4.73. The van der Waals surface area contributed by atoms with Crippen LogP contribution in [0.15, 0.2) is 0 Å². The van der Waals surface area contributed by atoms with E-state index in [-0.39, 0.29) is 30.1 Å². The first-order valence-electron chi connectivity index (χ1n) is 5.49. The molecule has 0 aliphatic carbocycles. The van der Waals surface area contributed by atoms with Crippen LogP contribution in [0.3, 0.4) is 0 Å². The Hall–Kier alpha value is -0.620. The number of hydrogen-bond acceptors (Lipinski definition) is 4. The molecule has 1 aliphatic heterocycles. The predicted molar refractivity (Wildman–Crippen MR) is 60.9 cm³/mol. The van der Waals surface area contributed by atoms with Gasteiger partial charge in [-0.05, 0) is 12.8 Å². The summed E-state index contributed by atoms with van der Waals surface area (Å²) in [4.78, 5) is 13.4. The lowest BCUT2D eigenvalue weighted by atomic mass is 10.2. The average Bonchev–Trinajstić information content (AvgIpc) is 2.55. The van der Waals surface area contributed by atoms with Crippen molar-refractivity contribution in [3.63, 3.8) is 0 Å². The van der Waals surface area contributed by atoms with E-state index < -0.39 is 9.84 Å². The molecule has 0 unspecified atom stereocenters. The van der Waals surface area contributed by atoms with Crippen molar-refractivity contribution in [2.24, 2.45) is 0 Å². The van der Waals surface area contributed by atoms with Crippen molar-refractivity contribution in [2.75, 3.05) is 31.8 Å². The number of ether oxygens (including phenoxy) is 1. The molecule has 1 saturated heterocycles. The average molecular weight is 249 g/mol. The molecular formula is C10H19NO4S. The van der Waals surface area contributed by atoms with E-state index in [1.165, 1.54) is 7.11 Å². The molecule has 6 heteroatoms. The highest BCUT2D eigenvalue weighted by Gasteiger charge is 2.33. The summed E-state index contributed by atoms with van der Waals surface area (Å²) in [6, 6.07) is -0.160. The molecular weight excluding hydrogens is 230 g/mol. The van der Waals surface area contributed by atoms with Crippen LogP contribution in [0.1, 0.15) is 19.8 Å². The second-order valence-electron chi connectivity index (χ2n) is 4.08. The van der Waals surface area contributed by atoms with Crippen molar-refractivity contribution >= 4 is 15.7 Å². The number of nitrogens with zero attached hydrogens (tertiary/aromatic N) is 1. The molecule has 0 aromatic rings. The molecule has 0 radical (unpaired) electrons. The van der Waals surface area contributed by atoms with Crippen LogP contribution in [0.25, 0.3) is 0 Å². The lowest BCUT2D eigenvalue weighted by Crippen LogP contribution is -2.43. The van der Waals surface area contributed by atoms with Crippen molar-refractivity contribution in [1.29, 1.82) is 0 Å². The van der Waals surface area contributed by atoms with Crippen LogP contribution in [0.2, 0.25) is 0 Å². The zero-order valence-corrected chi connectivity index (χ0v) is 10.6. The number of amides is 1. The fourth-order valence-electron chi connectivity index (χ4n) is 1.98. The molecule has 1 atom stereocenters. The number of carbonyl (C=O) groups is 1. The van der Waals surface area contributed by atoms with E-state index in [2.05, 4.69) is 0 Å². The minimum atomic E-state index is -2.94. The van der Waals surface area contributed by atoms with Gasteiger partial charge in [0.1, 0.15) is 6.61 Å². The minimum absolute atomic E-state index is 0.0244. The van der Waals surface area contributed by atoms with Gasteiger partial charge in [0.2, 0.25) is 5.91 Å². The van der Waals surface area contributed by atoms with Crippen LogP contribution in [0.4, 0.5) is 0 Å². The third-order valence-electron chi connectivity index (χ3n) is 2.70. The van der Waals surface area contributed by atoms with Crippen molar-refractivity contribution < 1.29 is 17.9 Å². The highest BCUT2D eigenvalue weighted by molar-refractivity contribution is 7.91. The molecule has 5 nitrogen and oxygen atoms in total. The van der Waals surface area contributed by atoms with Gasteiger partial charge in [-0.1, -0.05) is 6.92 Å². The fraction of sp³-hybridized carbons (Fsp3) is 0.900. The molecule has 16 heavy (non-hydrogen) atoms. The summed E-state index contributed by atoms with van der Waals surface area (Å²) < 4.78 is 27.5. The highest BCUT2D eigenvalue weighted by Crippen LogP contribution is 2.18. The van der Waals surface area contributed by atoms with Gasteiger partial charge in [0.25, 0.3) is 0 Å². The smallest absolute Gasteiger partial charge is 0.248 e. The van der Waals surface area contributed by atoms with Gasteiger partial charge in [0, 0.05) is 19.7 Å². The number of rotatable bonds is 5. The van der Waals surface area contributed by atoms with Crippen LogP contribution in [0, 0.1) is 0 Å². The number of sulfone groups is 1. The summed E-state index contributed by atoms with van der Waals surface area (Å²) in [7, 11) is -1.48. The van der Waals surface area contributed by atoms with Gasteiger partial charge in [-0.25, -0.2) is 8.42 Å². The monoisotopic (exact) mass is 249 g/mol. The molecule has 1 fully saturated rings. The quantitative estimate of drug-likeness (QED) is 0.691. The standard InChI is InChI=1S/C10H19NO4S/c1-3-5-11(10(12)7-15-2)9-4-6-16(13,14)8-9/h9H,3-8H2,1-2H3/t9-/m0/s1. The van der Waals surface area contributed by atoms with E-state index in [9.17, 15) is 13.2 Å². The summed E-state index contributed by atoms with van der Waals surface area (Å²) in [5.41, 5.74) is 0. The molecule has 0 N–H and O–H groups in total. The molecule has 1 rings (SSSR count). The van der Waals surface area contributed by atoms with E-state index in [4.69, 9.17) is 4.74 Å². The molecule has 0 aromatic heterocycles. The third kappa shape index (κ3) is 3.45. The molecule has 0 bridgehead atoms. The Morgan fingerprint density at radius 1 is 1.50 bits per heavy atom. The Labute approximate surface area is 96.7 Å². The molecule has 0 aromatic carbocycles. The van der Waals surface area contributed by atoms with Crippen LogP contribution in [-0.2, 0) is 19.4 Å². The van der Waals surface area contributed by atoms with Crippen molar-refractivity contribution in [1.82, 2.24) is 4.90 Å². The lowest BCUT2D eigenvalue weighted by Gasteiger charge is -2.27. The maximum atomic E-state index is 11.7. The zero-order valence-electron chi connectivity index (χ0n) is 9.81. The van der Waals surface area contributed by atoms with E-state index >= 15 is 0 Å². The lowest BCUT2D eigenvalue weighted by molar-refractivity contribution is -0.137. The van der Waals surface area contributed by atoms with Gasteiger partial charge in [0.15, 0.2) is 9.84 Å². The van der Waals surface area contributed by atoms with Gasteiger partial charge < -0.3 is 9.64 Å². The van der Waals surface area contributed by atoms with E-state index in [0.29, 0.717) is 13.0 Å². The number of carbonyl (C=O) groups excluding carboxylic acids is 1. The van der Waals surface area contributed by atoms with Gasteiger partial charge >= 0.3 is 0 Å². The summed E-state index contributed by atoms with van der Waals surface area (Å²) in [6.45, 7) is 2.59. The SMILES string of the molecule is CCCN(C(=O)COC)[C@H]1CCS(=O)(=O)C1. The molecule has 1 amide bonds. The van der Waals surface area contributed by atoms with E-state index in [0.717, 1.165) is 6.42 Å². The van der Waals surface area contributed by atoms with Crippen LogP contribution in [0.5, 0.6) is 0 Å². The van der Waals surface area contributed by atoms with Gasteiger partial charge in [-0.3, -0.25) is 4.79 Å². The third-order valence-corrected chi connectivity index (χ3v) is 4.45. The zero-order chi connectivity index (χ0) is 12.2. The van der Waals surface area contributed by atoms with Crippen LogP contribution >= 0.6 is 0 Å². The molecule has 0 saturated carbocycles. The summed E-state index contributed by atoms with van der Waals surface area (Å²) in [5, 5.41) is 0. The van der Waals surface area contributed by atoms with Gasteiger partial charge in [-0.15, -0.1) is 0 Å². The maximum absolute atomic E-state index is 11.7. The Balaban J connectivity index is 2.67. The van der Waals surface area contributed by atoms with E-state index in [1.807, 2.05) is 6.92 Å². The van der Waals surface area contributed by atoms with Crippen LogP contribution in [-0.4, -0.2) is 57.0 Å². The van der Waals surface area contributed by atoms with Gasteiger partial charge in [0.05, 0.1) is 11.5 Å². The van der Waals surface area contributed by atoms with Gasteiger partial charge in [-0.2, -0.15) is 0 Å². The second kappa shape index (κ2) is 5.63. The molecule has 0 spiro atoms. The summed E-state index contributed by atoms with van der Waals surface area (Å²) in [6.07, 6.45) is 1.38. The molecule has 1 aliphatic rings. The summed E-state index contributed by atoms with van der Waals surface area (Å²) in [5.74, 6) is 0.173. The van der Waals surface area contributed by atoms with Crippen LogP contribution < -0.4 is 0 Å². The normalized spacial score (nSPS) is 23.2. The number of methoxy groups -OCH3 is 1. The predicted octanol–water partition coefficient (Wildman–Crippen LogP) is 0.0585. The Bertz CT molecular complexity index is 339. The molecule has 94 valence electrons. The van der Waals surface area contributed by atoms with E-state index in [1.54, 1.807) is 4.90 Å². The van der Waals surface area contributed by atoms with Crippen molar-refractivity contribution in [3.05, 3.63) is 0 Å². The maximum Gasteiger partial charge on any atom is 0.248 e. The first kappa shape index (κ1) is 13.4. The summed E-state index contributed by atoms with van der Waals surface area (Å²) >= 11 is 0. The highest BCUT2D eigenvalue weighted by atomic mass is 32.2. The Morgan fingerprint density at radius 3 is 2.62 bits per heavy atom. The first-order valence-corrected chi connectivity index (χ1v) is 7.31. The topological polar surface area (TPSA) is 63.7 Å². The first-order chi connectivity index (χ1) is 7.50. The van der Waals surface area contributed by atoms with Crippen molar-refractivity contribution in [2.45, 2.75) is 25.8 Å². The second-order valence-corrected chi connectivity index (χ2v) is 6.31. The molecule has 1 heterocycles. The largest absolute Gasteiger partial charge is 0.375 e. The Morgan fingerprint density at radius 2 is 2.19 bits per heavy atom.